The molecule has 26 heavy (non-hydrogen) atoms. The second-order valence-corrected chi connectivity index (χ2v) is 6.38. The van der Waals surface area contributed by atoms with Crippen molar-refractivity contribution in [1.29, 1.82) is 0 Å². The van der Waals surface area contributed by atoms with Gasteiger partial charge in [-0.2, -0.15) is 0 Å². The van der Waals surface area contributed by atoms with Crippen LogP contribution in [-0.4, -0.2) is 22.0 Å². The van der Waals surface area contributed by atoms with Crippen molar-refractivity contribution in [3.05, 3.63) is 82.3 Å². The summed E-state index contributed by atoms with van der Waals surface area (Å²) in [7, 11) is 2.02. The molecule has 4 rings (SSSR count). The zero-order chi connectivity index (χ0) is 18.1. The fourth-order valence-electron chi connectivity index (χ4n) is 3.42. The number of carbonyl (C=O) groups excluding carboxylic acids is 1. The Morgan fingerprint density at radius 1 is 1.08 bits per heavy atom. The normalized spacial score (nSPS) is 11.1. The van der Waals surface area contributed by atoms with E-state index in [1.165, 1.54) is 22.5 Å². The number of nitrogens with zero attached hydrogens (tertiary/aromatic N) is 1. The quantitative estimate of drug-likeness (QED) is 0.597. The summed E-state index contributed by atoms with van der Waals surface area (Å²) < 4.78 is 2.09. The maximum atomic E-state index is 12.6. The van der Waals surface area contributed by atoms with Crippen molar-refractivity contribution in [2.45, 2.75) is 6.42 Å². The van der Waals surface area contributed by atoms with Crippen LogP contribution >= 0.6 is 0 Å². The Kier molecular flexibility index (Phi) is 4.05. The van der Waals surface area contributed by atoms with Crippen LogP contribution in [0.15, 0.2) is 65.6 Å². The van der Waals surface area contributed by atoms with Crippen molar-refractivity contribution in [2.75, 3.05) is 6.54 Å². The van der Waals surface area contributed by atoms with Crippen LogP contribution in [0.3, 0.4) is 0 Å². The van der Waals surface area contributed by atoms with E-state index >= 15 is 0 Å². The van der Waals surface area contributed by atoms with Gasteiger partial charge in [-0.1, -0.05) is 36.4 Å². The molecular formula is C21H19N3O2. The molecule has 0 saturated heterocycles. The molecule has 2 aromatic heterocycles. The van der Waals surface area contributed by atoms with Gasteiger partial charge in [0.15, 0.2) is 0 Å². The molecule has 5 heteroatoms. The number of hydrogen-bond donors (Lipinski definition) is 2. The topological polar surface area (TPSA) is 66.9 Å². The lowest BCUT2D eigenvalue weighted by molar-refractivity contribution is 0.0955. The molecule has 1 amide bonds. The van der Waals surface area contributed by atoms with Gasteiger partial charge in [0.25, 0.3) is 5.91 Å². The van der Waals surface area contributed by atoms with Crippen molar-refractivity contribution >= 4 is 27.7 Å². The molecule has 0 aliphatic carbocycles. The van der Waals surface area contributed by atoms with Gasteiger partial charge in [-0.15, -0.1) is 0 Å². The van der Waals surface area contributed by atoms with Gasteiger partial charge >= 0.3 is 0 Å². The van der Waals surface area contributed by atoms with Crippen molar-refractivity contribution < 1.29 is 4.79 Å². The number of H-pyrrole nitrogens is 1. The highest BCUT2D eigenvalue weighted by Crippen LogP contribution is 2.20. The minimum Gasteiger partial charge on any atom is -0.352 e. The van der Waals surface area contributed by atoms with Gasteiger partial charge in [-0.3, -0.25) is 9.59 Å². The maximum absolute atomic E-state index is 12.6. The van der Waals surface area contributed by atoms with E-state index in [-0.39, 0.29) is 11.5 Å². The van der Waals surface area contributed by atoms with Gasteiger partial charge in [0.1, 0.15) is 0 Å². The Morgan fingerprint density at radius 3 is 2.65 bits per heavy atom. The highest BCUT2D eigenvalue weighted by molar-refractivity contribution is 6.05. The number of hydrogen-bond acceptors (Lipinski definition) is 2. The van der Waals surface area contributed by atoms with E-state index in [4.69, 9.17) is 0 Å². The molecule has 0 unspecified atom stereocenters. The predicted molar refractivity (Wildman–Crippen MR) is 104 cm³/mol. The summed E-state index contributed by atoms with van der Waals surface area (Å²) in [4.78, 5) is 27.2. The van der Waals surface area contributed by atoms with Crippen LogP contribution in [0.25, 0.3) is 21.8 Å². The lowest BCUT2D eigenvalue weighted by atomic mass is 10.1. The van der Waals surface area contributed by atoms with Crippen LogP contribution in [0.5, 0.6) is 0 Å². The Morgan fingerprint density at radius 2 is 1.81 bits per heavy atom. The Bertz CT molecular complexity index is 1170. The molecule has 5 nitrogen and oxygen atoms in total. The van der Waals surface area contributed by atoms with Crippen LogP contribution in [0.4, 0.5) is 0 Å². The number of nitrogens with one attached hydrogen (secondary N) is 2. The van der Waals surface area contributed by atoms with Crippen LogP contribution in [0.2, 0.25) is 0 Å². The standard InChI is InChI=1S/C21H19N3O2/c1-24-13-14(15-6-3-5-9-19(15)24)10-11-22-21(26)17-12-20(25)23-18-8-4-2-7-16(17)18/h2-9,12-13H,10-11H2,1H3,(H,22,26)(H,23,25). The molecule has 0 radical (unpaired) electrons. The van der Waals surface area contributed by atoms with Crippen LogP contribution in [-0.2, 0) is 13.5 Å². The molecular weight excluding hydrogens is 326 g/mol. The number of aromatic nitrogens is 2. The highest BCUT2D eigenvalue weighted by Gasteiger charge is 2.12. The second-order valence-electron chi connectivity index (χ2n) is 6.38. The molecule has 2 aromatic carbocycles. The van der Waals surface area contributed by atoms with E-state index in [1.54, 1.807) is 6.07 Å². The van der Waals surface area contributed by atoms with Gasteiger partial charge in [-0.05, 0) is 24.1 Å². The SMILES string of the molecule is Cn1cc(CCNC(=O)c2cc(=O)[nH]c3ccccc23)c2ccccc21. The van der Waals surface area contributed by atoms with E-state index in [0.29, 0.717) is 17.6 Å². The van der Waals surface area contributed by atoms with E-state index in [2.05, 4.69) is 33.2 Å². The predicted octanol–water partition coefficient (Wildman–Crippen LogP) is 2.99. The Balaban J connectivity index is 1.54. The molecule has 130 valence electrons. The molecule has 0 atom stereocenters. The summed E-state index contributed by atoms with van der Waals surface area (Å²) in [6.45, 7) is 0.508. The Labute approximate surface area is 150 Å². The monoisotopic (exact) mass is 345 g/mol. The first-order valence-corrected chi connectivity index (χ1v) is 8.57. The third-order valence-electron chi connectivity index (χ3n) is 4.65. The molecule has 2 heterocycles. The summed E-state index contributed by atoms with van der Waals surface area (Å²) in [6.07, 6.45) is 2.83. The number of pyridine rings is 1. The fourth-order valence-corrected chi connectivity index (χ4v) is 3.42. The summed E-state index contributed by atoms with van der Waals surface area (Å²) in [6, 6.07) is 16.9. The number of para-hydroxylation sites is 2. The van der Waals surface area contributed by atoms with E-state index in [0.717, 1.165) is 11.8 Å². The van der Waals surface area contributed by atoms with Crippen molar-refractivity contribution in [3.8, 4) is 0 Å². The summed E-state index contributed by atoms with van der Waals surface area (Å²) >= 11 is 0. The number of carbonyl (C=O) groups is 1. The number of benzene rings is 2. The van der Waals surface area contributed by atoms with Crippen LogP contribution < -0.4 is 10.9 Å². The average Bonchev–Trinajstić information content (AvgIpc) is 2.97. The minimum absolute atomic E-state index is 0.229. The molecule has 0 aliphatic rings. The molecule has 0 bridgehead atoms. The first-order valence-electron chi connectivity index (χ1n) is 8.57. The lowest BCUT2D eigenvalue weighted by Gasteiger charge is -2.07. The van der Waals surface area contributed by atoms with Gasteiger partial charge < -0.3 is 14.9 Å². The van der Waals surface area contributed by atoms with Gasteiger partial charge in [0.05, 0.1) is 5.56 Å². The first kappa shape index (κ1) is 16.1. The van der Waals surface area contributed by atoms with Crippen molar-refractivity contribution in [2.24, 2.45) is 7.05 Å². The third-order valence-corrected chi connectivity index (χ3v) is 4.65. The largest absolute Gasteiger partial charge is 0.352 e. The minimum atomic E-state index is -0.275. The highest BCUT2D eigenvalue weighted by atomic mass is 16.2. The molecule has 4 aromatic rings. The van der Waals surface area contributed by atoms with Gasteiger partial charge in [0.2, 0.25) is 5.56 Å². The van der Waals surface area contributed by atoms with Crippen LogP contribution in [0.1, 0.15) is 15.9 Å². The number of fused-ring (bicyclic) bond motifs is 2. The third kappa shape index (κ3) is 2.88. The number of rotatable bonds is 4. The summed E-state index contributed by atoms with van der Waals surface area (Å²) in [5, 5.41) is 4.88. The zero-order valence-electron chi connectivity index (χ0n) is 14.5. The van der Waals surface area contributed by atoms with E-state index < -0.39 is 0 Å². The maximum Gasteiger partial charge on any atom is 0.252 e. The average molecular weight is 345 g/mol. The van der Waals surface area contributed by atoms with Gasteiger partial charge in [0, 0.05) is 47.7 Å². The van der Waals surface area contributed by atoms with Crippen molar-refractivity contribution in [3.63, 3.8) is 0 Å². The number of amides is 1. The first-order chi connectivity index (χ1) is 12.6. The van der Waals surface area contributed by atoms with Gasteiger partial charge in [-0.25, -0.2) is 0 Å². The molecule has 0 saturated carbocycles. The summed E-state index contributed by atoms with van der Waals surface area (Å²) in [5.41, 5.74) is 3.16. The molecule has 0 fully saturated rings. The molecule has 0 spiro atoms. The second kappa shape index (κ2) is 6.52. The number of aryl methyl sites for hydroxylation is 1. The fraction of sp³-hybridized carbons (Fsp3) is 0.143. The molecule has 0 aliphatic heterocycles. The van der Waals surface area contributed by atoms with Crippen LogP contribution in [0, 0.1) is 0 Å². The van der Waals surface area contributed by atoms with Crippen molar-refractivity contribution in [1.82, 2.24) is 14.9 Å². The summed E-state index contributed by atoms with van der Waals surface area (Å²) in [5.74, 6) is -0.229. The Hall–Kier alpha value is -3.34. The smallest absolute Gasteiger partial charge is 0.252 e. The lowest BCUT2D eigenvalue weighted by Crippen LogP contribution is -2.27. The number of aromatic amines is 1. The van der Waals surface area contributed by atoms with E-state index in [9.17, 15) is 9.59 Å². The zero-order valence-corrected chi connectivity index (χ0v) is 14.5. The molecule has 2 N–H and O–H groups in total. The van der Waals surface area contributed by atoms with E-state index in [1.807, 2.05) is 37.4 Å².